The Labute approximate surface area is 212 Å². The molecule has 7 nitrogen and oxygen atoms in total. The maximum atomic E-state index is 13.6. The largest absolute Gasteiger partial charge is 0.479 e. The molecule has 4 heterocycles. The molecule has 0 unspecified atom stereocenters. The van der Waals surface area contributed by atoms with Gasteiger partial charge in [0.1, 0.15) is 11.5 Å². The van der Waals surface area contributed by atoms with Crippen molar-refractivity contribution in [2.24, 2.45) is 0 Å². The molecular formula is C25H24ClF3N6O. The molecule has 0 spiro atoms. The van der Waals surface area contributed by atoms with Crippen LogP contribution in [0.5, 0.6) is 5.88 Å². The van der Waals surface area contributed by atoms with Crippen LogP contribution in [0.1, 0.15) is 52.9 Å². The highest BCUT2D eigenvalue weighted by atomic mass is 35.5. The molecule has 0 bridgehead atoms. The number of ether oxygens (including phenoxy) is 1. The molecule has 0 saturated carbocycles. The zero-order valence-corrected chi connectivity index (χ0v) is 20.4. The van der Waals surface area contributed by atoms with E-state index in [2.05, 4.69) is 20.1 Å². The van der Waals surface area contributed by atoms with Gasteiger partial charge in [-0.1, -0.05) is 18.2 Å². The zero-order chi connectivity index (χ0) is 24.6. The Hall–Kier alpha value is -3.66. The van der Waals surface area contributed by atoms with Crippen LogP contribution in [0.4, 0.5) is 13.2 Å². The molecule has 0 fully saturated rings. The average molecular weight is 517 g/mol. The van der Waals surface area contributed by atoms with Gasteiger partial charge >= 0.3 is 6.18 Å². The van der Waals surface area contributed by atoms with Crippen molar-refractivity contribution in [3.8, 4) is 11.6 Å². The van der Waals surface area contributed by atoms with Crippen LogP contribution in [-0.2, 0) is 12.7 Å². The van der Waals surface area contributed by atoms with E-state index in [1.165, 1.54) is 12.1 Å². The molecule has 0 saturated heterocycles. The minimum atomic E-state index is -4.42. The lowest BCUT2D eigenvalue weighted by Gasteiger charge is -2.25. The molecule has 1 aliphatic rings. The number of imidazole rings is 1. The van der Waals surface area contributed by atoms with Crippen molar-refractivity contribution in [3.05, 3.63) is 83.1 Å². The molecule has 1 atom stereocenters. The Bertz CT molecular complexity index is 1390. The topological polar surface area (TPSA) is 70.7 Å². The van der Waals surface area contributed by atoms with Crippen molar-refractivity contribution >= 4 is 24.6 Å². The van der Waals surface area contributed by atoms with E-state index in [9.17, 15) is 13.2 Å². The Morgan fingerprint density at radius 2 is 1.89 bits per heavy atom. The van der Waals surface area contributed by atoms with Gasteiger partial charge in [-0.2, -0.15) is 18.3 Å². The van der Waals surface area contributed by atoms with Gasteiger partial charge in [-0.3, -0.25) is 0 Å². The third kappa shape index (κ3) is 4.99. The van der Waals surface area contributed by atoms with Gasteiger partial charge in [0.15, 0.2) is 5.82 Å². The van der Waals surface area contributed by atoms with E-state index in [4.69, 9.17) is 4.74 Å². The molecule has 11 heteroatoms. The van der Waals surface area contributed by atoms with E-state index >= 15 is 0 Å². The number of halogens is 4. The molecule has 0 N–H and O–H groups in total. The minimum Gasteiger partial charge on any atom is -0.479 e. The third-order valence-electron chi connectivity index (χ3n) is 5.98. The molecule has 36 heavy (non-hydrogen) atoms. The highest BCUT2D eigenvalue weighted by Crippen LogP contribution is 2.40. The second kappa shape index (κ2) is 10.1. The Morgan fingerprint density at radius 1 is 1.08 bits per heavy atom. The van der Waals surface area contributed by atoms with Crippen molar-refractivity contribution in [2.75, 3.05) is 7.11 Å². The van der Waals surface area contributed by atoms with Crippen molar-refractivity contribution in [2.45, 2.75) is 38.4 Å². The maximum absolute atomic E-state index is 13.6. The van der Waals surface area contributed by atoms with Crippen molar-refractivity contribution in [1.29, 1.82) is 0 Å². The number of hydrogen-bond donors (Lipinski definition) is 0. The van der Waals surface area contributed by atoms with Crippen LogP contribution in [0.25, 0.3) is 17.8 Å². The third-order valence-corrected chi connectivity index (χ3v) is 5.98. The normalized spacial score (nSPS) is 15.5. The van der Waals surface area contributed by atoms with Crippen LogP contribution < -0.4 is 4.74 Å². The lowest BCUT2D eigenvalue weighted by atomic mass is 9.88. The number of rotatable bonds is 5. The SMILES string of the molecule is COc1nc(/C=C/c2nc3n(n2)CCC[C@H]3c2ccccc2C(F)(F)F)ccc1-n1cnc(C)c1.Cl. The number of pyridine rings is 1. The summed E-state index contributed by atoms with van der Waals surface area (Å²) in [5.41, 5.74) is 1.88. The van der Waals surface area contributed by atoms with Gasteiger partial charge in [0, 0.05) is 18.7 Å². The molecule has 1 aromatic carbocycles. The van der Waals surface area contributed by atoms with Gasteiger partial charge in [0.25, 0.3) is 0 Å². The molecule has 3 aromatic heterocycles. The average Bonchev–Trinajstić information content (AvgIpc) is 3.47. The van der Waals surface area contributed by atoms with E-state index in [1.54, 1.807) is 36.3 Å². The smallest absolute Gasteiger partial charge is 0.416 e. The standard InChI is InChI=1S/C25H23F3N6O.ClH/c1-16-14-33(15-29-16)21-11-9-17(30-24(21)35-2)10-12-22-31-23-19(7-5-13-34(23)32-22)18-6-3-4-8-20(18)25(26,27)28;/h3-4,6,8-12,14-15,19H,5,7,13H2,1-2H3;1H/b12-10+;/t19-;/m0./s1. The van der Waals surface area contributed by atoms with Crippen LogP contribution in [0.15, 0.2) is 48.9 Å². The molecule has 1 aliphatic heterocycles. The number of alkyl halides is 3. The Morgan fingerprint density at radius 3 is 2.61 bits per heavy atom. The fourth-order valence-electron chi connectivity index (χ4n) is 4.39. The van der Waals surface area contributed by atoms with Gasteiger partial charge in [-0.25, -0.2) is 19.6 Å². The highest BCUT2D eigenvalue weighted by Gasteiger charge is 2.37. The van der Waals surface area contributed by atoms with Gasteiger partial charge in [-0.15, -0.1) is 12.4 Å². The summed E-state index contributed by atoms with van der Waals surface area (Å²) in [6, 6.07) is 9.42. The van der Waals surface area contributed by atoms with Crippen LogP contribution >= 0.6 is 12.4 Å². The van der Waals surface area contributed by atoms with Crippen LogP contribution in [0, 0.1) is 6.92 Å². The lowest BCUT2D eigenvalue weighted by Crippen LogP contribution is -2.21. The van der Waals surface area contributed by atoms with E-state index < -0.39 is 17.7 Å². The minimum absolute atomic E-state index is 0. The first-order chi connectivity index (χ1) is 16.8. The highest BCUT2D eigenvalue weighted by molar-refractivity contribution is 5.85. The molecular weight excluding hydrogens is 493 g/mol. The molecule has 5 rings (SSSR count). The van der Waals surface area contributed by atoms with Crippen LogP contribution in [0.3, 0.4) is 0 Å². The second-order valence-corrected chi connectivity index (χ2v) is 8.35. The predicted molar refractivity (Wildman–Crippen MR) is 131 cm³/mol. The molecule has 0 aliphatic carbocycles. The van der Waals surface area contributed by atoms with Gasteiger partial charge in [0.2, 0.25) is 5.88 Å². The Kier molecular flexibility index (Phi) is 7.16. The predicted octanol–water partition coefficient (Wildman–Crippen LogP) is 5.71. The van der Waals surface area contributed by atoms with Gasteiger partial charge in [0.05, 0.1) is 30.4 Å². The van der Waals surface area contributed by atoms with Crippen LogP contribution in [0.2, 0.25) is 0 Å². The number of nitrogens with zero attached hydrogens (tertiary/aromatic N) is 6. The van der Waals surface area contributed by atoms with E-state index in [-0.39, 0.29) is 18.0 Å². The fraction of sp³-hybridized carbons (Fsp3) is 0.280. The molecule has 0 amide bonds. The first-order valence-electron chi connectivity index (χ1n) is 11.2. The van der Waals surface area contributed by atoms with Gasteiger partial charge < -0.3 is 9.30 Å². The summed E-state index contributed by atoms with van der Waals surface area (Å²) in [4.78, 5) is 13.3. The van der Waals surface area contributed by atoms with E-state index in [0.29, 0.717) is 36.2 Å². The number of aryl methyl sites for hydroxylation is 2. The molecule has 4 aromatic rings. The summed E-state index contributed by atoms with van der Waals surface area (Å²) >= 11 is 0. The molecule has 0 radical (unpaired) electrons. The maximum Gasteiger partial charge on any atom is 0.416 e. The molecule has 188 valence electrons. The van der Waals surface area contributed by atoms with Crippen molar-refractivity contribution < 1.29 is 17.9 Å². The van der Waals surface area contributed by atoms with E-state index in [1.807, 2.05) is 29.8 Å². The number of fused-ring (bicyclic) bond motifs is 1. The summed E-state index contributed by atoms with van der Waals surface area (Å²) < 4.78 is 49.8. The van der Waals surface area contributed by atoms with Gasteiger partial charge in [-0.05, 0) is 55.7 Å². The number of benzene rings is 1. The Balaban J connectivity index is 0.00000304. The summed E-state index contributed by atoms with van der Waals surface area (Å²) in [6.45, 7) is 2.52. The fourth-order valence-corrected chi connectivity index (χ4v) is 4.39. The number of hydrogen-bond acceptors (Lipinski definition) is 5. The summed E-state index contributed by atoms with van der Waals surface area (Å²) in [5.74, 6) is 0.938. The van der Waals surface area contributed by atoms with E-state index in [0.717, 1.165) is 23.9 Å². The zero-order valence-electron chi connectivity index (χ0n) is 19.6. The van der Waals surface area contributed by atoms with Crippen LogP contribution in [-0.4, -0.2) is 36.4 Å². The first kappa shape index (κ1) is 25.4. The lowest BCUT2D eigenvalue weighted by molar-refractivity contribution is -0.138. The summed E-state index contributed by atoms with van der Waals surface area (Å²) in [7, 11) is 1.55. The summed E-state index contributed by atoms with van der Waals surface area (Å²) in [6.07, 6.45) is 3.92. The second-order valence-electron chi connectivity index (χ2n) is 8.35. The van der Waals surface area contributed by atoms with Crippen molar-refractivity contribution in [3.63, 3.8) is 0 Å². The summed E-state index contributed by atoms with van der Waals surface area (Å²) in [5, 5.41) is 4.51. The first-order valence-corrected chi connectivity index (χ1v) is 11.2. The quantitative estimate of drug-likeness (QED) is 0.340. The van der Waals surface area contributed by atoms with Crippen molar-refractivity contribution in [1.82, 2.24) is 29.3 Å². The number of aromatic nitrogens is 6. The monoisotopic (exact) mass is 516 g/mol. The number of methoxy groups -OCH3 is 1.